The summed E-state index contributed by atoms with van der Waals surface area (Å²) in [6.45, 7) is 0. The second-order valence-electron chi connectivity index (χ2n) is 12.3. The average molecular weight is 627 g/mol. The molecule has 0 radical (unpaired) electrons. The van der Waals surface area contributed by atoms with Crippen LogP contribution in [-0.2, 0) is 0 Å². The minimum absolute atomic E-state index is 0.625. The van der Waals surface area contributed by atoms with Gasteiger partial charge in [0.25, 0.3) is 0 Å². The lowest BCUT2D eigenvalue weighted by molar-refractivity contribution is 0.668. The number of pyridine rings is 1. The van der Waals surface area contributed by atoms with Gasteiger partial charge in [-0.1, -0.05) is 115 Å². The highest BCUT2D eigenvalue weighted by Gasteiger charge is 2.19. The second kappa shape index (κ2) is 10.9. The molecule has 0 saturated heterocycles. The van der Waals surface area contributed by atoms with E-state index in [-0.39, 0.29) is 0 Å². The maximum absolute atomic E-state index is 6.22. The fourth-order valence-electron chi connectivity index (χ4n) is 7.04. The Balaban J connectivity index is 1.21. The largest absolute Gasteiger partial charge is 0.456 e. The molecular formula is C44H26N4O. The molecule has 49 heavy (non-hydrogen) atoms. The van der Waals surface area contributed by atoms with Gasteiger partial charge >= 0.3 is 0 Å². The van der Waals surface area contributed by atoms with E-state index < -0.39 is 0 Å². The van der Waals surface area contributed by atoms with Gasteiger partial charge in [0.1, 0.15) is 11.2 Å². The van der Waals surface area contributed by atoms with Crippen LogP contribution in [0.3, 0.4) is 0 Å². The van der Waals surface area contributed by atoms with Crippen LogP contribution in [-0.4, -0.2) is 19.9 Å². The Hall–Kier alpha value is -6.72. The SMILES string of the molecule is c1ccc2cc(-c3nc(-c4ccc5ccccc5c4)nc(-c4ccc(-c5cccc6oc7ccncc7c56)c5ccccc45)n3)ccc2c1. The van der Waals surface area contributed by atoms with E-state index in [1.54, 1.807) is 6.20 Å². The standard InChI is InChI=1S/C44H26N4O/c1-3-10-29-24-31(18-16-27(29)8-1)42-46-43(32-19-17-28-9-2-4-11-30(28)25-32)48-44(47-42)37-21-20-35(33-12-5-6-13-34(33)37)36-14-7-15-40-41(36)38-26-45-23-22-39(38)49-40/h1-26H. The molecule has 0 amide bonds. The zero-order valence-corrected chi connectivity index (χ0v) is 26.2. The van der Waals surface area contributed by atoms with E-state index in [9.17, 15) is 0 Å². The smallest absolute Gasteiger partial charge is 0.164 e. The highest BCUT2D eigenvalue weighted by molar-refractivity contribution is 6.16. The number of hydrogen-bond donors (Lipinski definition) is 0. The predicted molar refractivity (Wildman–Crippen MR) is 199 cm³/mol. The fourth-order valence-corrected chi connectivity index (χ4v) is 7.04. The molecule has 0 spiro atoms. The number of fused-ring (bicyclic) bond motifs is 6. The summed E-state index contributed by atoms with van der Waals surface area (Å²) >= 11 is 0. The van der Waals surface area contributed by atoms with Crippen LogP contribution >= 0.6 is 0 Å². The Morgan fingerprint density at radius 2 is 0.980 bits per heavy atom. The molecule has 10 aromatic rings. The summed E-state index contributed by atoms with van der Waals surface area (Å²) in [5, 5.41) is 8.84. The van der Waals surface area contributed by atoms with Gasteiger partial charge in [0, 0.05) is 39.9 Å². The Kier molecular flexibility index (Phi) is 6.11. The summed E-state index contributed by atoms with van der Waals surface area (Å²) in [4.78, 5) is 19.8. The average Bonchev–Trinajstić information content (AvgIpc) is 3.56. The van der Waals surface area contributed by atoms with Crippen LogP contribution in [0, 0.1) is 0 Å². The summed E-state index contributed by atoms with van der Waals surface area (Å²) in [5.41, 5.74) is 6.69. The van der Waals surface area contributed by atoms with Crippen molar-refractivity contribution in [2.24, 2.45) is 0 Å². The van der Waals surface area contributed by atoms with Crippen molar-refractivity contribution < 1.29 is 4.42 Å². The molecule has 228 valence electrons. The van der Waals surface area contributed by atoms with Crippen LogP contribution < -0.4 is 0 Å². The summed E-state index contributed by atoms with van der Waals surface area (Å²) in [7, 11) is 0. The van der Waals surface area contributed by atoms with E-state index in [0.717, 1.165) is 71.3 Å². The van der Waals surface area contributed by atoms with Gasteiger partial charge in [0.15, 0.2) is 17.5 Å². The van der Waals surface area contributed by atoms with Crippen molar-refractivity contribution in [3.8, 4) is 45.3 Å². The zero-order valence-electron chi connectivity index (χ0n) is 26.2. The molecule has 10 rings (SSSR count). The third-order valence-corrected chi connectivity index (χ3v) is 9.40. The van der Waals surface area contributed by atoms with Crippen molar-refractivity contribution in [1.82, 2.24) is 19.9 Å². The number of hydrogen-bond acceptors (Lipinski definition) is 5. The lowest BCUT2D eigenvalue weighted by Gasteiger charge is -2.14. The van der Waals surface area contributed by atoms with Gasteiger partial charge in [-0.25, -0.2) is 15.0 Å². The first-order valence-electron chi connectivity index (χ1n) is 16.3. The Bertz CT molecular complexity index is 2810. The van der Waals surface area contributed by atoms with Crippen LogP contribution in [0.1, 0.15) is 0 Å². The van der Waals surface area contributed by atoms with Crippen LogP contribution in [0.2, 0.25) is 0 Å². The first-order chi connectivity index (χ1) is 24.3. The molecule has 0 aliphatic heterocycles. The third kappa shape index (κ3) is 4.55. The summed E-state index contributed by atoms with van der Waals surface area (Å²) in [6, 6.07) is 50.4. The molecule has 3 aromatic heterocycles. The van der Waals surface area contributed by atoms with E-state index in [2.05, 4.69) is 132 Å². The highest BCUT2D eigenvalue weighted by Crippen LogP contribution is 2.41. The molecule has 7 aromatic carbocycles. The maximum atomic E-state index is 6.22. The van der Waals surface area contributed by atoms with Crippen LogP contribution in [0.4, 0.5) is 0 Å². The molecule has 0 bridgehead atoms. The minimum atomic E-state index is 0.625. The van der Waals surface area contributed by atoms with Gasteiger partial charge in [-0.15, -0.1) is 0 Å². The Morgan fingerprint density at radius 3 is 1.67 bits per heavy atom. The second-order valence-corrected chi connectivity index (χ2v) is 12.3. The van der Waals surface area contributed by atoms with Gasteiger partial charge in [0.2, 0.25) is 0 Å². The number of aromatic nitrogens is 4. The van der Waals surface area contributed by atoms with Gasteiger partial charge in [-0.2, -0.15) is 0 Å². The van der Waals surface area contributed by atoms with Crippen LogP contribution in [0.15, 0.2) is 162 Å². The molecule has 0 aliphatic carbocycles. The Morgan fingerprint density at radius 1 is 0.388 bits per heavy atom. The van der Waals surface area contributed by atoms with Gasteiger partial charge in [0.05, 0.1) is 0 Å². The normalized spacial score (nSPS) is 11.7. The molecular weight excluding hydrogens is 601 g/mol. The van der Waals surface area contributed by atoms with Crippen molar-refractivity contribution in [1.29, 1.82) is 0 Å². The predicted octanol–water partition coefficient (Wildman–Crippen LogP) is 11.3. The van der Waals surface area contributed by atoms with E-state index in [0.29, 0.717) is 17.5 Å². The maximum Gasteiger partial charge on any atom is 0.164 e. The summed E-state index contributed by atoms with van der Waals surface area (Å²) < 4.78 is 6.22. The summed E-state index contributed by atoms with van der Waals surface area (Å²) in [6.07, 6.45) is 3.65. The fraction of sp³-hybridized carbons (Fsp3) is 0. The molecule has 5 heteroatoms. The van der Waals surface area contributed by atoms with Crippen LogP contribution in [0.5, 0.6) is 0 Å². The van der Waals surface area contributed by atoms with E-state index in [4.69, 9.17) is 19.4 Å². The molecule has 0 fully saturated rings. The van der Waals surface area contributed by atoms with Gasteiger partial charge in [-0.05, 0) is 73.8 Å². The number of benzene rings is 7. The molecule has 0 N–H and O–H groups in total. The lowest BCUT2D eigenvalue weighted by Crippen LogP contribution is -2.01. The quantitative estimate of drug-likeness (QED) is 0.194. The van der Waals surface area contributed by atoms with E-state index >= 15 is 0 Å². The number of furan rings is 1. The minimum Gasteiger partial charge on any atom is -0.456 e. The highest BCUT2D eigenvalue weighted by atomic mass is 16.3. The molecule has 0 aliphatic rings. The monoisotopic (exact) mass is 626 g/mol. The van der Waals surface area contributed by atoms with Crippen molar-refractivity contribution in [2.75, 3.05) is 0 Å². The topological polar surface area (TPSA) is 64.7 Å². The third-order valence-electron chi connectivity index (χ3n) is 9.40. The molecule has 0 saturated carbocycles. The van der Waals surface area contributed by atoms with Crippen LogP contribution in [0.25, 0.3) is 99.5 Å². The van der Waals surface area contributed by atoms with Gasteiger partial charge in [-0.3, -0.25) is 4.98 Å². The molecule has 0 unspecified atom stereocenters. The molecule has 0 atom stereocenters. The lowest BCUT2D eigenvalue weighted by atomic mass is 9.92. The number of rotatable bonds is 4. The molecule has 5 nitrogen and oxygen atoms in total. The summed E-state index contributed by atoms with van der Waals surface area (Å²) in [5.74, 6) is 1.89. The van der Waals surface area contributed by atoms with Gasteiger partial charge < -0.3 is 4.42 Å². The van der Waals surface area contributed by atoms with Crippen molar-refractivity contribution in [3.05, 3.63) is 158 Å². The molecule has 3 heterocycles. The van der Waals surface area contributed by atoms with Crippen molar-refractivity contribution in [2.45, 2.75) is 0 Å². The van der Waals surface area contributed by atoms with E-state index in [1.807, 2.05) is 24.4 Å². The first-order valence-corrected chi connectivity index (χ1v) is 16.3. The number of nitrogens with zero attached hydrogens (tertiary/aromatic N) is 4. The first kappa shape index (κ1) is 27.4. The van der Waals surface area contributed by atoms with E-state index in [1.165, 1.54) is 10.8 Å². The van der Waals surface area contributed by atoms with Crippen molar-refractivity contribution >= 4 is 54.3 Å². The zero-order chi connectivity index (χ0) is 32.3. The van der Waals surface area contributed by atoms with Crippen molar-refractivity contribution in [3.63, 3.8) is 0 Å². The Labute approximate surface area is 281 Å².